The Morgan fingerprint density at radius 2 is 1.83 bits per heavy atom. The van der Waals surface area contributed by atoms with Crippen LogP contribution in [-0.4, -0.2) is 19.2 Å². The van der Waals surface area contributed by atoms with Crippen molar-refractivity contribution in [2.45, 2.75) is 25.1 Å². The van der Waals surface area contributed by atoms with Gasteiger partial charge >= 0.3 is 6.18 Å². The summed E-state index contributed by atoms with van der Waals surface area (Å²) in [6.07, 6.45) is -2.26. The van der Waals surface area contributed by atoms with E-state index in [0.29, 0.717) is 5.75 Å². The minimum absolute atomic E-state index is 0. The molecule has 1 aromatic carbocycles. The van der Waals surface area contributed by atoms with Crippen molar-refractivity contribution in [1.29, 1.82) is 0 Å². The standard InChI is InChI=1S/C12H14F3NO.ClH/c13-12(14,15)9-3-5-10(6-4-9)17-11-2-1-7-16-8-11;/h3-6,11,16H,1-2,7-8H2;1H. The van der Waals surface area contributed by atoms with Crippen molar-refractivity contribution in [3.8, 4) is 5.75 Å². The molecular formula is C12H15ClF3NO. The predicted molar refractivity (Wildman–Crippen MR) is 65.2 cm³/mol. The van der Waals surface area contributed by atoms with E-state index in [1.165, 1.54) is 12.1 Å². The lowest BCUT2D eigenvalue weighted by Crippen LogP contribution is -2.37. The highest BCUT2D eigenvalue weighted by molar-refractivity contribution is 5.85. The summed E-state index contributed by atoms with van der Waals surface area (Å²) in [5.74, 6) is 0.492. The fourth-order valence-corrected chi connectivity index (χ4v) is 1.84. The van der Waals surface area contributed by atoms with Crippen LogP contribution in [0.3, 0.4) is 0 Å². The van der Waals surface area contributed by atoms with Gasteiger partial charge in [-0.1, -0.05) is 0 Å². The zero-order chi connectivity index (χ0) is 12.3. The van der Waals surface area contributed by atoms with Crippen LogP contribution in [0, 0.1) is 0 Å². The van der Waals surface area contributed by atoms with Crippen molar-refractivity contribution in [1.82, 2.24) is 5.32 Å². The molecule has 1 N–H and O–H groups in total. The van der Waals surface area contributed by atoms with E-state index in [0.717, 1.165) is 38.1 Å². The molecule has 6 heteroatoms. The van der Waals surface area contributed by atoms with E-state index in [9.17, 15) is 13.2 Å². The Hall–Kier alpha value is -0.940. The minimum Gasteiger partial charge on any atom is -0.489 e. The highest BCUT2D eigenvalue weighted by Gasteiger charge is 2.30. The molecule has 0 spiro atoms. The molecule has 0 aliphatic carbocycles. The Morgan fingerprint density at radius 3 is 2.33 bits per heavy atom. The van der Waals surface area contributed by atoms with E-state index in [2.05, 4.69) is 5.32 Å². The summed E-state index contributed by atoms with van der Waals surface area (Å²) in [5.41, 5.74) is -0.647. The third kappa shape index (κ3) is 4.07. The summed E-state index contributed by atoms with van der Waals surface area (Å²) in [7, 11) is 0. The normalized spacial score (nSPS) is 20.1. The van der Waals surface area contributed by atoms with Crippen LogP contribution >= 0.6 is 12.4 Å². The summed E-state index contributed by atoms with van der Waals surface area (Å²) in [4.78, 5) is 0. The molecular weight excluding hydrogens is 267 g/mol. The predicted octanol–water partition coefficient (Wildman–Crippen LogP) is 3.26. The zero-order valence-corrected chi connectivity index (χ0v) is 10.5. The van der Waals surface area contributed by atoms with Gasteiger partial charge in [0.25, 0.3) is 0 Å². The largest absolute Gasteiger partial charge is 0.489 e. The molecule has 102 valence electrons. The quantitative estimate of drug-likeness (QED) is 0.898. The topological polar surface area (TPSA) is 21.3 Å². The number of nitrogens with one attached hydrogen (secondary N) is 1. The third-order valence-corrected chi connectivity index (χ3v) is 2.74. The Balaban J connectivity index is 0.00000162. The molecule has 18 heavy (non-hydrogen) atoms. The zero-order valence-electron chi connectivity index (χ0n) is 9.67. The fourth-order valence-electron chi connectivity index (χ4n) is 1.84. The molecule has 1 aromatic rings. The van der Waals surface area contributed by atoms with Crippen molar-refractivity contribution < 1.29 is 17.9 Å². The van der Waals surface area contributed by atoms with Crippen LogP contribution in [0.15, 0.2) is 24.3 Å². The molecule has 0 bridgehead atoms. The van der Waals surface area contributed by atoms with E-state index in [4.69, 9.17) is 4.74 Å². The van der Waals surface area contributed by atoms with E-state index in [1.807, 2.05) is 0 Å². The van der Waals surface area contributed by atoms with Gasteiger partial charge in [0.15, 0.2) is 0 Å². The number of hydrogen-bond acceptors (Lipinski definition) is 2. The van der Waals surface area contributed by atoms with Gasteiger partial charge in [-0.3, -0.25) is 0 Å². The highest BCUT2D eigenvalue weighted by atomic mass is 35.5. The van der Waals surface area contributed by atoms with Crippen molar-refractivity contribution in [2.75, 3.05) is 13.1 Å². The molecule has 1 aliphatic heterocycles. The number of benzene rings is 1. The monoisotopic (exact) mass is 281 g/mol. The van der Waals surface area contributed by atoms with Crippen LogP contribution in [0.5, 0.6) is 5.75 Å². The first kappa shape index (κ1) is 15.1. The Morgan fingerprint density at radius 1 is 1.17 bits per heavy atom. The van der Waals surface area contributed by atoms with Crippen LogP contribution in [-0.2, 0) is 6.18 Å². The third-order valence-electron chi connectivity index (χ3n) is 2.74. The molecule has 2 rings (SSSR count). The van der Waals surface area contributed by atoms with Crippen LogP contribution in [0.1, 0.15) is 18.4 Å². The first-order chi connectivity index (χ1) is 8.05. The molecule has 2 nitrogen and oxygen atoms in total. The van der Waals surface area contributed by atoms with Crippen molar-refractivity contribution in [2.24, 2.45) is 0 Å². The molecule has 1 unspecified atom stereocenters. The first-order valence-electron chi connectivity index (χ1n) is 5.60. The second kappa shape index (κ2) is 6.29. The number of halogens is 4. The van der Waals surface area contributed by atoms with Gasteiger partial charge in [-0.05, 0) is 43.7 Å². The number of ether oxygens (including phenoxy) is 1. The Kier molecular flexibility index (Phi) is 5.28. The smallest absolute Gasteiger partial charge is 0.416 e. The fraction of sp³-hybridized carbons (Fsp3) is 0.500. The molecule has 1 atom stereocenters. The lowest BCUT2D eigenvalue weighted by atomic mass is 10.1. The molecule has 1 saturated heterocycles. The van der Waals surface area contributed by atoms with Crippen molar-refractivity contribution in [3.05, 3.63) is 29.8 Å². The Bertz CT molecular complexity index is 361. The van der Waals surface area contributed by atoms with E-state index in [-0.39, 0.29) is 18.5 Å². The summed E-state index contributed by atoms with van der Waals surface area (Å²) in [5, 5.41) is 3.19. The first-order valence-corrected chi connectivity index (χ1v) is 5.60. The number of hydrogen-bond donors (Lipinski definition) is 1. The minimum atomic E-state index is -4.29. The lowest BCUT2D eigenvalue weighted by molar-refractivity contribution is -0.137. The summed E-state index contributed by atoms with van der Waals surface area (Å²) in [6, 6.07) is 4.84. The van der Waals surface area contributed by atoms with Crippen molar-refractivity contribution in [3.63, 3.8) is 0 Å². The van der Waals surface area contributed by atoms with Gasteiger partial charge in [0, 0.05) is 6.54 Å². The van der Waals surface area contributed by atoms with Crippen molar-refractivity contribution >= 4 is 12.4 Å². The Labute approximate surface area is 110 Å². The van der Waals surface area contributed by atoms with Gasteiger partial charge in [-0.2, -0.15) is 13.2 Å². The van der Waals surface area contributed by atoms with Gasteiger partial charge in [-0.25, -0.2) is 0 Å². The summed E-state index contributed by atoms with van der Waals surface area (Å²) >= 11 is 0. The maximum atomic E-state index is 12.3. The number of rotatable bonds is 2. The highest BCUT2D eigenvalue weighted by Crippen LogP contribution is 2.30. The van der Waals surface area contributed by atoms with Crippen LogP contribution in [0.4, 0.5) is 13.2 Å². The van der Waals surface area contributed by atoms with Crippen LogP contribution < -0.4 is 10.1 Å². The molecule has 1 aliphatic rings. The van der Waals surface area contributed by atoms with Gasteiger partial charge < -0.3 is 10.1 Å². The second-order valence-corrected chi connectivity index (χ2v) is 4.11. The summed E-state index contributed by atoms with van der Waals surface area (Å²) in [6.45, 7) is 1.73. The number of piperidine rings is 1. The van der Waals surface area contributed by atoms with E-state index >= 15 is 0 Å². The average molecular weight is 282 g/mol. The van der Waals surface area contributed by atoms with Crippen LogP contribution in [0.25, 0.3) is 0 Å². The lowest BCUT2D eigenvalue weighted by Gasteiger charge is -2.24. The maximum Gasteiger partial charge on any atom is 0.416 e. The molecule has 0 aromatic heterocycles. The molecule has 1 fully saturated rings. The van der Waals surface area contributed by atoms with Gasteiger partial charge in [0.05, 0.1) is 5.56 Å². The van der Waals surface area contributed by atoms with E-state index < -0.39 is 11.7 Å². The van der Waals surface area contributed by atoms with E-state index in [1.54, 1.807) is 0 Å². The molecule has 0 saturated carbocycles. The van der Waals surface area contributed by atoms with Crippen LogP contribution in [0.2, 0.25) is 0 Å². The van der Waals surface area contributed by atoms with Gasteiger partial charge in [0.1, 0.15) is 11.9 Å². The molecule has 1 heterocycles. The second-order valence-electron chi connectivity index (χ2n) is 4.11. The van der Waals surface area contributed by atoms with Gasteiger partial charge in [0.2, 0.25) is 0 Å². The summed E-state index contributed by atoms with van der Waals surface area (Å²) < 4.78 is 42.6. The molecule has 0 radical (unpaired) electrons. The van der Waals surface area contributed by atoms with Gasteiger partial charge in [-0.15, -0.1) is 12.4 Å². The average Bonchev–Trinajstić information content (AvgIpc) is 2.30. The SMILES string of the molecule is Cl.FC(F)(F)c1ccc(OC2CCCNC2)cc1. The maximum absolute atomic E-state index is 12.3. The molecule has 0 amide bonds. The number of alkyl halides is 3.